The molecule has 2 N–H and O–H groups in total. The molecule has 0 aromatic carbocycles. The van der Waals surface area contributed by atoms with Crippen LogP contribution in [0.25, 0.3) is 0 Å². The molecule has 3 unspecified atom stereocenters. The van der Waals surface area contributed by atoms with Crippen molar-refractivity contribution in [2.24, 2.45) is 5.92 Å². The minimum absolute atomic E-state index is 0.0215. The molecule has 3 atom stereocenters. The molecule has 2 aliphatic heterocycles. The Hall–Kier alpha value is -1.34. The quantitative estimate of drug-likeness (QED) is 0.701. The third-order valence-electron chi connectivity index (χ3n) is 3.78. The van der Waals surface area contributed by atoms with Gasteiger partial charge in [-0.25, -0.2) is 4.79 Å². The minimum Gasteiger partial charge on any atom is -0.453 e. The van der Waals surface area contributed by atoms with Gasteiger partial charge in [0.2, 0.25) is 5.91 Å². The van der Waals surface area contributed by atoms with E-state index < -0.39 is 6.09 Å². The third kappa shape index (κ3) is 3.16. The first-order valence-electron chi connectivity index (χ1n) is 6.54. The largest absolute Gasteiger partial charge is 0.453 e. The number of ether oxygens (including phenoxy) is 2. The summed E-state index contributed by atoms with van der Waals surface area (Å²) in [6.45, 7) is 2.25. The van der Waals surface area contributed by atoms with Gasteiger partial charge in [-0.15, -0.1) is 0 Å². The predicted octanol–water partition coefficient (Wildman–Crippen LogP) is -0.822. The Morgan fingerprint density at radius 2 is 2.16 bits per heavy atom. The molecule has 2 fully saturated rings. The summed E-state index contributed by atoms with van der Waals surface area (Å²) in [5.41, 5.74) is 0. The van der Waals surface area contributed by atoms with Gasteiger partial charge in [0.1, 0.15) is 0 Å². The maximum Gasteiger partial charge on any atom is 0.407 e. The van der Waals surface area contributed by atoms with Gasteiger partial charge < -0.3 is 25.0 Å². The lowest BCUT2D eigenvalue weighted by Gasteiger charge is -2.23. The Morgan fingerprint density at radius 1 is 1.37 bits per heavy atom. The Balaban J connectivity index is 1.86. The number of hydrogen-bond donors (Lipinski definition) is 2. The number of likely N-dealkylation sites (tertiary alicyclic amines) is 1. The molecule has 2 rings (SSSR count). The number of nitrogens with one attached hydrogen (secondary N) is 2. The van der Waals surface area contributed by atoms with Crippen LogP contribution in [0.15, 0.2) is 0 Å². The number of alkyl carbamates (subject to hydrolysis) is 1. The van der Waals surface area contributed by atoms with Gasteiger partial charge in [-0.1, -0.05) is 0 Å². The van der Waals surface area contributed by atoms with E-state index >= 15 is 0 Å². The average Bonchev–Trinajstić information content (AvgIpc) is 3.06. The van der Waals surface area contributed by atoms with Gasteiger partial charge in [-0.2, -0.15) is 0 Å². The lowest BCUT2D eigenvalue weighted by atomic mass is 10.0. The van der Waals surface area contributed by atoms with E-state index in [1.807, 2.05) is 7.05 Å². The van der Waals surface area contributed by atoms with Gasteiger partial charge in [0.25, 0.3) is 0 Å². The second kappa shape index (κ2) is 6.21. The fourth-order valence-electron chi connectivity index (χ4n) is 2.62. The van der Waals surface area contributed by atoms with Crippen LogP contribution >= 0.6 is 0 Å². The van der Waals surface area contributed by atoms with E-state index in [1.54, 1.807) is 4.90 Å². The average molecular weight is 271 g/mol. The van der Waals surface area contributed by atoms with Gasteiger partial charge in [-0.3, -0.25) is 4.79 Å². The number of carbonyl (C=O) groups is 2. The second-order valence-electron chi connectivity index (χ2n) is 4.94. The number of methoxy groups -OCH3 is 1. The summed E-state index contributed by atoms with van der Waals surface area (Å²) < 4.78 is 9.91. The van der Waals surface area contributed by atoms with Crippen LogP contribution in [0.3, 0.4) is 0 Å². The molecule has 7 nitrogen and oxygen atoms in total. The highest BCUT2D eigenvalue weighted by Gasteiger charge is 2.38. The van der Waals surface area contributed by atoms with Crippen LogP contribution in [0.5, 0.6) is 0 Å². The highest BCUT2D eigenvalue weighted by Crippen LogP contribution is 2.20. The lowest BCUT2D eigenvalue weighted by molar-refractivity contribution is -0.134. The van der Waals surface area contributed by atoms with Crippen molar-refractivity contribution in [2.45, 2.75) is 18.5 Å². The van der Waals surface area contributed by atoms with Crippen molar-refractivity contribution >= 4 is 12.0 Å². The first kappa shape index (κ1) is 14.1. The molecule has 2 heterocycles. The zero-order valence-electron chi connectivity index (χ0n) is 11.3. The highest BCUT2D eigenvalue weighted by atomic mass is 16.5. The van der Waals surface area contributed by atoms with Crippen LogP contribution in [0.4, 0.5) is 4.79 Å². The Kier molecular flexibility index (Phi) is 4.60. The summed E-state index contributed by atoms with van der Waals surface area (Å²) >= 11 is 0. The molecule has 2 aliphatic rings. The molecular formula is C12H21N3O4. The van der Waals surface area contributed by atoms with E-state index in [9.17, 15) is 9.59 Å². The zero-order valence-corrected chi connectivity index (χ0v) is 11.3. The molecule has 0 radical (unpaired) electrons. The number of likely N-dealkylation sites (N-methyl/N-ethyl adjacent to an activating group) is 1. The van der Waals surface area contributed by atoms with Crippen molar-refractivity contribution in [3.8, 4) is 0 Å². The van der Waals surface area contributed by atoms with Gasteiger partial charge in [0, 0.05) is 19.1 Å². The van der Waals surface area contributed by atoms with Crippen LogP contribution in [0.2, 0.25) is 0 Å². The standard InChI is InChI=1S/C12H21N3O4/c1-13-10-7-19-6-9(10)11(16)15-4-3-8(5-15)14-12(17)18-2/h8-10,13H,3-7H2,1-2H3,(H,14,17). The van der Waals surface area contributed by atoms with Crippen molar-refractivity contribution < 1.29 is 19.1 Å². The van der Waals surface area contributed by atoms with Gasteiger partial charge in [0.05, 0.1) is 32.3 Å². The van der Waals surface area contributed by atoms with Gasteiger partial charge >= 0.3 is 6.09 Å². The van der Waals surface area contributed by atoms with Gasteiger partial charge in [-0.05, 0) is 13.5 Å². The van der Waals surface area contributed by atoms with E-state index in [4.69, 9.17) is 4.74 Å². The predicted molar refractivity (Wildman–Crippen MR) is 67.7 cm³/mol. The van der Waals surface area contributed by atoms with Crippen molar-refractivity contribution in [1.82, 2.24) is 15.5 Å². The smallest absolute Gasteiger partial charge is 0.407 e. The summed E-state index contributed by atoms with van der Waals surface area (Å²) in [7, 11) is 3.17. The summed E-state index contributed by atoms with van der Waals surface area (Å²) in [6.07, 6.45) is 0.315. The maximum atomic E-state index is 12.4. The minimum atomic E-state index is -0.448. The van der Waals surface area contributed by atoms with E-state index in [1.165, 1.54) is 7.11 Å². The van der Waals surface area contributed by atoms with Crippen LogP contribution in [0.1, 0.15) is 6.42 Å². The molecule has 7 heteroatoms. The Bertz CT molecular complexity index is 350. The van der Waals surface area contributed by atoms with Crippen LogP contribution in [0, 0.1) is 5.92 Å². The first-order chi connectivity index (χ1) is 9.15. The number of amides is 2. The normalized spacial score (nSPS) is 30.4. The Labute approximate surface area is 112 Å². The van der Waals surface area contributed by atoms with E-state index in [0.717, 1.165) is 6.42 Å². The highest BCUT2D eigenvalue weighted by molar-refractivity contribution is 5.80. The SMILES string of the molecule is CNC1COCC1C(=O)N1CCC(NC(=O)OC)C1. The van der Waals surface area contributed by atoms with Crippen LogP contribution in [-0.2, 0) is 14.3 Å². The van der Waals surface area contributed by atoms with Crippen molar-refractivity contribution in [1.29, 1.82) is 0 Å². The van der Waals surface area contributed by atoms with E-state index in [0.29, 0.717) is 26.3 Å². The molecular weight excluding hydrogens is 250 g/mol. The summed E-state index contributed by atoms with van der Waals surface area (Å²) in [5.74, 6) is -0.0205. The number of carbonyl (C=O) groups excluding carboxylic acids is 2. The molecule has 2 saturated heterocycles. The molecule has 0 spiro atoms. The van der Waals surface area contributed by atoms with Crippen LogP contribution in [-0.4, -0.2) is 69.4 Å². The molecule has 0 aromatic rings. The van der Waals surface area contributed by atoms with Crippen LogP contribution < -0.4 is 10.6 Å². The first-order valence-corrected chi connectivity index (χ1v) is 6.54. The zero-order chi connectivity index (χ0) is 13.8. The number of nitrogens with zero attached hydrogens (tertiary/aromatic N) is 1. The summed E-state index contributed by atoms with van der Waals surface area (Å²) in [4.78, 5) is 25.3. The third-order valence-corrected chi connectivity index (χ3v) is 3.78. The molecule has 0 bridgehead atoms. The summed E-state index contributed by atoms with van der Waals surface area (Å²) in [6, 6.07) is 0.0619. The van der Waals surface area contributed by atoms with Crippen molar-refractivity contribution in [3.63, 3.8) is 0 Å². The molecule has 0 aliphatic carbocycles. The van der Waals surface area contributed by atoms with Crippen molar-refractivity contribution in [3.05, 3.63) is 0 Å². The number of rotatable bonds is 3. The molecule has 0 saturated carbocycles. The molecule has 2 amide bonds. The van der Waals surface area contributed by atoms with Gasteiger partial charge in [0.15, 0.2) is 0 Å². The lowest BCUT2D eigenvalue weighted by Crippen LogP contribution is -2.45. The fourth-order valence-corrected chi connectivity index (χ4v) is 2.62. The molecule has 19 heavy (non-hydrogen) atoms. The van der Waals surface area contributed by atoms with E-state index in [-0.39, 0.29) is 23.9 Å². The van der Waals surface area contributed by atoms with E-state index in [2.05, 4.69) is 15.4 Å². The van der Waals surface area contributed by atoms with Crippen molar-refractivity contribution in [2.75, 3.05) is 40.5 Å². The Morgan fingerprint density at radius 3 is 2.84 bits per heavy atom. The fraction of sp³-hybridized carbons (Fsp3) is 0.833. The monoisotopic (exact) mass is 271 g/mol. The second-order valence-corrected chi connectivity index (χ2v) is 4.94. The topological polar surface area (TPSA) is 79.9 Å². The maximum absolute atomic E-state index is 12.4. The summed E-state index contributed by atoms with van der Waals surface area (Å²) in [5, 5.41) is 5.84. The molecule has 108 valence electrons. The molecule has 0 aromatic heterocycles. The number of hydrogen-bond acceptors (Lipinski definition) is 5.